The molecule has 0 spiro atoms. The standard InChI is InChI=1S/C18H15NO4/c1-9-11-2-3-14(20)18(23)13(11)8-19-5-4-10-6-15(21)16(22)7-12(10)17(9)19/h2-3,6-8H,4-5H2,1H3,(H3,20,21,22,23)/p+1. The van der Waals surface area contributed by atoms with Gasteiger partial charge in [0, 0.05) is 17.4 Å². The van der Waals surface area contributed by atoms with Crippen molar-refractivity contribution in [3.8, 4) is 34.3 Å². The molecule has 4 N–H and O–H groups in total. The first-order chi connectivity index (χ1) is 11.0. The van der Waals surface area contributed by atoms with Crippen molar-refractivity contribution in [1.82, 2.24) is 0 Å². The highest BCUT2D eigenvalue weighted by Gasteiger charge is 2.29. The van der Waals surface area contributed by atoms with E-state index in [9.17, 15) is 20.4 Å². The summed E-state index contributed by atoms with van der Waals surface area (Å²) in [7, 11) is 0. The Bertz CT molecular complexity index is 979. The number of aryl methyl sites for hydroxylation is 3. The molecule has 1 aliphatic heterocycles. The summed E-state index contributed by atoms with van der Waals surface area (Å²) in [6.07, 6.45) is 2.53. The smallest absolute Gasteiger partial charge is 0.216 e. The molecule has 23 heavy (non-hydrogen) atoms. The van der Waals surface area contributed by atoms with E-state index in [0.29, 0.717) is 18.4 Å². The van der Waals surface area contributed by atoms with Gasteiger partial charge in [0.05, 0.1) is 10.9 Å². The van der Waals surface area contributed by atoms with Crippen LogP contribution in [-0.2, 0) is 13.0 Å². The minimum atomic E-state index is -0.148. The van der Waals surface area contributed by atoms with Crippen molar-refractivity contribution in [2.75, 3.05) is 0 Å². The quantitative estimate of drug-likeness (QED) is 0.380. The van der Waals surface area contributed by atoms with Gasteiger partial charge in [-0.05, 0) is 36.8 Å². The molecule has 0 bridgehead atoms. The largest absolute Gasteiger partial charge is 0.504 e. The second-order valence-corrected chi connectivity index (χ2v) is 5.94. The third kappa shape index (κ3) is 1.83. The second kappa shape index (κ2) is 4.52. The van der Waals surface area contributed by atoms with Gasteiger partial charge in [0.25, 0.3) is 0 Å². The van der Waals surface area contributed by atoms with Crippen LogP contribution in [0.3, 0.4) is 0 Å². The minimum Gasteiger partial charge on any atom is -0.504 e. The first-order valence-corrected chi connectivity index (χ1v) is 7.40. The van der Waals surface area contributed by atoms with Gasteiger partial charge in [-0.2, -0.15) is 4.57 Å². The van der Waals surface area contributed by atoms with Crippen molar-refractivity contribution in [3.63, 3.8) is 0 Å². The van der Waals surface area contributed by atoms with E-state index in [2.05, 4.69) is 0 Å². The molecular weight excluding hydrogens is 294 g/mol. The van der Waals surface area contributed by atoms with Crippen LogP contribution < -0.4 is 4.57 Å². The van der Waals surface area contributed by atoms with Crippen molar-refractivity contribution in [3.05, 3.63) is 41.6 Å². The van der Waals surface area contributed by atoms with Crippen molar-refractivity contribution < 1.29 is 25.0 Å². The van der Waals surface area contributed by atoms with Crippen LogP contribution in [0.4, 0.5) is 0 Å². The zero-order chi connectivity index (χ0) is 16.3. The molecule has 116 valence electrons. The van der Waals surface area contributed by atoms with Gasteiger partial charge in [0.1, 0.15) is 0 Å². The Kier molecular flexibility index (Phi) is 2.69. The molecule has 0 fully saturated rings. The maximum Gasteiger partial charge on any atom is 0.216 e. The number of hydrogen-bond acceptors (Lipinski definition) is 4. The van der Waals surface area contributed by atoms with Gasteiger partial charge >= 0.3 is 0 Å². The van der Waals surface area contributed by atoms with E-state index >= 15 is 0 Å². The monoisotopic (exact) mass is 310 g/mol. The van der Waals surface area contributed by atoms with Crippen molar-refractivity contribution in [1.29, 1.82) is 0 Å². The number of nitrogens with zero attached hydrogens (tertiary/aromatic N) is 1. The van der Waals surface area contributed by atoms with Gasteiger partial charge in [-0.1, -0.05) is 0 Å². The molecule has 2 heterocycles. The summed E-state index contributed by atoms with van der Waals surface area (Å²) in [5, 5.41) is 40.8. The first-order valence-electron chi connectivity index (χ1n) is 7.40. The van der Waals surface area contributed by atoms with Crippen molar-refractivity contribution >= 4 is 10.8 Å². The zero-order valence-electron chi connectivity index (χ0n) is 12.5. The van der Waals surface area contributed by atoms with Crippen LogP contribution in [0, 0.1) is 6.92 Å². The first kappa shape index (κ1) is 13.7. The summed E-state index contributed by atoms with van der Waals surface area (Å²) in [5.74, 6) is -0.528. The van der Waals surface area contributed by atoms with E-state index in [0.717, 1.165) is 27.8 Å². The Labute approximate surface area is 132 Å². The molecular formula is C18H16NO4+. The molecule has 0 atom stereocenters. The number of aromatic hydroxyl groups is 4. The summed E-state index contributed by atoms with van der Waals surface area (Å²) in [4.78, 5) is 0. The molecule has 0 saturated carbocycles. The van der Waals surface area contributed by atoms with Crippen molar-refractivity contribution in [2.45, 2.75) is 19.9 Å². The Balaban J connectivity index is 2.10. The predicted molar refractivity (Wildman–Crippen MR) is 84.7 cm³/mol. The Morgan fingerprint density at radius 3 is 2.43 bits per heavy atom. The van der Waals surface area contributed by atoms with Crippen LogP contribution in [0.25, 0.3) is 22.0 Å². The van der Waals surface area contributed by atoms with Crippen molar-refractivity contribution in [2.24, 2.45) is 0 Å². The number of aromatic nitrogens is 1. The van der Waals surface area contributed by atoms with Gasteiger partial charge in [0.15, 0.2) is 35.7 Å². The Morgan fingerprint density at radius 2 is 1.65 bits per heavy atom. The molecule has 0 unspecified atom stereocenters. The number of pyridine rings is 1. The van der Waals surface area contributed by atoms with E-state index in [1.165, 1.54) is 6.07 Å². The lowest BCUT2D eigenvalue weighted by Gasteiger charge is -2.18. The maximum atomic E-state index is 10.1. The highest BCUT2D eigenvalue weighted by atomic mass is 16.3. The van der Waals surface area contributed by atoms with E-state index in [1.807, 2.05) is 17.7 Å². The maximum absolute atomic E-state index is 10.1. The number of phenols is 4. The molecule has 3 aromatic rings. The molecule has 4 rings (SSSR count). The zero-order valence-corrected chi connectivity index (χ0v) is 12.5. The summed E-state index contributed by atoms with van der Waals surface area (Å²) >= 11 is 0. The molecule has 5 heteroatoms. The van der Waals surface area contributed by atoms with Gasteiger partial charge in [-0.25, -0.2) is 0 Å². The van der Waals surface area contributed by atoms with Gasteiger partial charge < -0.3 is 20.4 Å². The topological polar surface area (TPSA) is 84.8 Å². The third-order valence-electron chi connectivity index (χ3n) is 4.60. The highest BCUT2D eigenvalue weighted by molar-refractivity contribution is 5.94. The summed E-state index contributed by atoms with van der Waals surface area (Å²) < 4.78 is 2.01. The lowest BCUT2D eigenvalue weighted by Crippen LogP contribution is -2.40. The number of fused-ring (bicyclic) bond motifs is 4. The van der Waals surface area contributed by atoms with Crippen LogP contribution in [0.2, 0.25) is 0 Å². The highest BCUT2D eigenvalue weighted by Crippen LogP contribution is 2.40. The number of rotatable bonds is 0. The van der Waals surface area contributed by atoms with Gasteiger partial charge in [-0.3, -0.25) is 0 Å². The average molecular weight is 310 g/mol. The van der Waals surface area contributed by atoms with Crippen LogP contribution in [0.5, 0.6) is 23.0 Å². The molecule has 1 aliphatic rings. The van der Waals surface area contributed by atoms with E-state index < -0.39 is 0 Å². The SMILES string of the molecule is Cc1c2[n+](cc3c(O)c(O)ccc13)CCc1cc(O)c(O)cc1-2. The van der Waals surface area contributed by atoms with Crippen LogP contribution >= 0.6 is 0 Å². The fraction of sp³-hybridized carbons (Fsp3) is 0.167. The number of phenolic OH excluding ortho intramolecular Hbond substituents is 4. The predicted octanol–water partition coefficient (Wildman–Crippen LogP) is 2.48. The van der Waals surface area contributed by atoms with Gasteiger partial charge in [-0.15, -0.1) is 0 Å². The number of hydrogen-bond donors (Lipinski definition) is 4. The lowest BCUT2D eigenvalue weighted by atomic mass is 9.92. The van der Waals surface area contributed by atoms with E-state index in [-0.39, 0.29) is 23.0 Å². The van der Waals surface area contributed by atoms with E-state index in [4.69, 9.17) is 0 Å². The molecule has 1 aromatic heterocycles. The second-order valence-electron chi connectivity index (χ2n) is 5.94. The lowest BCUT2D eigenvalue weighted by molar-refractivity contribution is -0.686. The summed E-state index contributed by atoms with van der Waals surface area (Å²) in [5.41, 5.74) is 3.74. The molecule has 0 amide bonds. The average Bonchev–Trinajstić information content (AvgIpc) is 2.52. The fourth-order valence-corrected chi connectivity index (χ4v) is 3.44. The summed E-state index contributed by atoms with van der Waals surface area (Å²) in [6, 6.07) is 6.43. The van der Waals surface area contributed by atoms with Gasteiger partial charge in [0.2, 0.25) is 5.69 Å². The Hall–Kier alpha value is -2.95. The van der Waals surface area contributed by atoms with Crippen LogP contribution in [0.1, 0.15) is 11.1 Å². The van der Waals surface area contributed by atoms with Crippen LogP contribution in [0.15, 0.2) is 30.5 Å². The molecule has 0 radical (unpaired) electrons. The molecule has 2 aromatic carbocycles. The number of benzene rings is 2. The molecule has 0 saturated heterocycles. The van der Waals surface area contributed by atoms with Crippen LogP contribution in [-0.4, -0.2) is 20.4 Å². The Morgan fingerprint density at radius 1 is 0.913 bits per heavy atom. The summed E-state index contributed by atoms with van der Waals surface area (Å²) in [6.45, 7) is 2.64. The van der Waals surface area contributed by atoms with E-state index in [1.54, 1.807) is 18.2 Å². The fourth-order valence-electron chi connectivity index (χ4n) is 3.44. The third-order valence-corrected chi connectivity index (χ3v) is 4.60. The normalized spacial score (nSPS) is 12.9. The minimum absolute atomic E-state index is 0.113. The molecule has 5 nitrogen and oxygen atoms in total. The molecule has 0 aliphatic carbocycles.